The molecule has 0 spiro atoms. The van der Waals surface area contributed by atoms with Gasteiger partial charge in [-0.1, -0.05) is 6.92 Å². The van der Waals surface area contributed by atoms with Crippen LogP contribution in [0.4, 0.5) is 0 Å². The first kappa shape index (κ1) is 14.4. The molecule has 1 unspecified atom stereocenters. The monoisotopic (exact) mass is 247 g/mol. The maximum absolute atomic E-state index is 11.3. The fourth-order valence-corrected chi connectivity index (χ4v) is 2.20. The van der Waals surface area contributed by atoms with Gasteiger partial charge < -0.3 is 25.0 Å². The van der Waals surface area contributed by atoms with Gasteiger partial charge in [0.1, 0.15) is 18.3 Å². The summed E-state index contributed by atoms with van der Waals surface area (Å²) in [5, 5.41) is 28.9. The van der Waals surface area contributed by atoms with E-state index >= 15 is 0 Å². The van der Waals surface area contributed by atoms with Crippen LogP contribution in [-0.4, -0.2) is 70.2 Å². The minimum atomic E-state index is -1.19. The molecule has 0 aromatic rings. The number of aliphatic hydroxyl groups is 3. The lowest BCUT2D eigenvalue weighted by atomic mass is 9.90. The Kier molecular flexibility index (Phi) is 4.88. The van der Waals surface area contributed by atoms with Crippen LogP contribution < -0.4 is 0 Å². The average Bonchev–Trinajstić information content (AvgIpc) is 2.31. The molecule has 0 saturated carbocycles. The van der Waals surface area contributed by atoms with Gasteiger partial charge in [-0.25, -0.2) is 0 Å². The van der Waals surface area contributed by atoms with Crippen molar-refractivity contribution < 1.29 is 24.9 Å². The van der Waals surface area contributed by atoms with Crippen LogP contribution in [0, 0.1) is 0 Å². The van der Waals surface area contributed by atoms with Crippen molar-refractivity contribution in [2.75, 3.05) is 13.7 Å². The molecule has 0 aromatic heterocycles. The highest BCUT2D eigenvalue weighted by molar-refractivity contribution is 5.73. The van der Waals surface area contributed by atoms with Gasteiger partial charge in [-0.15, -0.1) is 0 Å². The van der Waals surface area contributed by atoms with Crippen molar-refractivity contribution in [2.24, 2.45) is 0 Å². The van der Waals surface area contributed by atoms with E-state index in [1.165, 1.54) is 11.8 Å². The molecule has 6 nitrogen and oxygen atoms in total. The van der Waals surface area contributed by atoms with Crippen molar-refractivity contribution in [3.05, 3.63) is 0 Å². The van der Waals surface area contributed by atoms with Gasteiger partial charge in [-0.3, -0.25) is 4.79 Å². The molecule has 1 amide bonds. The van der Waals surface area contributed by atoms with Crippen LogP contribution in [0.25, 0.3) is 0 Å². The number of hydrogen-bond acceptors (Lipinski definition) is 5. The van der Waals surface area contributed by atoms with Crippen molar-refractivity contribution in [3.8, 4) is 0 Å². The molecule has 1 rings (SSSR count). The summed E-state index contributed by atoms with van der Waals surface area (Å²) in [6.07, 6.45) is -2.90. The standard InChI is InChI=1S/C11H21NO5/c1-4-7-9(12(3)6(2)14)11(16)10(15)8(5-13)17-7/h7-11,13,15-16H,4-5H2,1-3H3/t7?,8-,9+,10+,11-/m1/s1. The summed E-state index contributed by atoms with van der Waals surface area (Å²) in [7, 11) is 1.56. The van der Waals surface area contributed by atoms with Gasteiger partial charge in [0, 0.05) is 14.0 Å². The zero-order valence-electron chi connectivity index (χ0n) is 10.4. The molecule has 6 heteroatoms. The third-order valence-electron chi connectivity index (χ3n) is 3.34. The first-order valence-corrected chi connectivity index (χ1v) is 5.79. The molecule has 1 saturated heterocycles. The first-order chi connectivity index (χ1) is 7.93. The van der Waals surface area contributed by atoms with E-state index in [-0.39, 0.29) is 18.6 Å². The molecule has 0 bridgehead atoms. The lowest BCUT2D eigenvalue weighted by molar-refractivity contribution is -0.212. The Balaban J connectivity index is 2.90. The van der Waals surface area contributed by atoms with E-state index in [1.54, 1.807) is 7.05 Å². The number of rotatable bonds is 3. The van der Waals surface area contributed by atoms with Gasteiger partial charge in [-0.2, -0.15) is 0 Å². The quantitative estimate of drug-likeness (QED) is 0.578. The van der Waals surface area contributed by atoms with Crippen LogP contribution in [-0.2, 0) is 9.53 Å². The number of ether oxygens (including phenoxy) is 1. The summed E-state index contributed by atoms with van der Waals surface area (Å²) in [5.74, 6) is -0.203. The highest BCUT2D eigenvalue weighted by Gasteiger charge is 2.45. The smallest absolute Gasteiger partial charge is 0.219 e. The molecule has 3 N–H and O–H groups in total. The van der Waals surface area contributed by atoms with E-state index in [9.17, 15) is 15.0 Å². The van der Waals surface area contributed by atoms with Crippen LogP contribution in [0.15, 0.2) is 0 Å². The Bertz CT molecular complexity index is 271. The lowest BCUT2D eigenvalue weighted by Crippen LogP contribution is -2.63. The summed E-state index contributed by atoms with van der Waals surface area (Å²) in [5.41, 5.74) is 0. The van der Waals surface area contributed by atoms with Gasteiger partial charge in [0.15, 0.2) is 0 Å². The summed E-state index contributed by atoms with van der Waals surface area (Å²) in [4.78, 5) is 12.7. The largest absolute Gasteiger partial charge is 0.394 e. The van der Waals surface area contributed by atoms with E-state index in [4.69, 9.17) is 9.84 Å². The van der Waals surface area contributed by atoms with Gasteiger partial charge >= 0.3 is 0 Å². The number of aliphatic hydroxyl groups excluding tert-OH is 3. The molecule has 0 aliphatic carbocycles. The van der Waals surface area contributed by atoms with Gasteiger partial charge in [-0.05, 0) is 6.42 Å². The van der Waals surface area contributed by atoms with Crippen LogP contribution in [0.3, 0.4) is 0 Å². The lowest BCUT2D eigenvalue weighted by Gasteiger charge is -2.45. The van der Waals surface area contributed by atoms with Gasteiger partial charge in [0.2, 0.25) is 5.91 Å². The first-order valence-electron chi connectivity index (χ1n) is 5.79. The highest BCUT2D eigenvalue weighted by Crippen LogP contribution is 2.26. The Morgan fingerprint density at radius 3 is 2.29 bits per heavy atom. The summed E-state index contributed by atoms with van der Waals surface area (Å²) in [6.45, 7) is 2.90. The predicted molar refractivity (Wildman–Crippen MR) is 60.3 cm³/mol. The minimum Gasteiger partial charge on any atom is -0.394 e. The molecule has 1 fully saturated rings. The second kappa shape index (κ2) is 5.77. The molecule has 1 aliphatic rings. The Morgan fingerprint density at radius 2 is 1.88 bits per heavy atom. The maximum Gasteiger partial charge on any atom is 0.219 e. The fourth-order valence-electron chi connectivity index (χ4n) is 2.20. The average molecular weight is 247 g/mol. The van der Waals surface area contributed by atoms with E-state index in [2.05, 4.69) is 0 Å². The molecule has 17 heavy (non-hydrogen) atoms. The molecule has 1 aliphatic heterocycles. The van der Waals surface area contributed by atoms with Crippen molar-refractivity contribution >= 4 is 5.91 Å². The SMILES string of the molecule is CCC1O[C@H](CO)[C@H](O)[C@H](O)[C@H]1N(C)C(C)=O. The van der Waals surface area contributed by atoms with Gasteiger partial charge in [0.25, 0.3) is 0 Å². The number of hydrogen-bond donors (Lipinski definition) is 3. The van der Waals surface area contributed by atoms with Crippen LogP contribution in [0.2, 0.25) is 0 Å². The van der Waals surface area contributed by atoms with Crippen molar-refractivity contribution in [2.45, 2.75) is 50.7 Å². The molecule has 5 atom stereocenters. The Morgan fingerprint density at radius 1 is 1.29 bits per heavy atom. The summed E-state index contributed by atoms with van der Waals surface area (Å²) in [6, 6.07) is -0.588. The van der Waals surface area contributed by atoms with E-state index in [0.29, 0.717) is 6.42 Å². The molecular weight excluding hydrogens is 226 g/mol. The molecule has 1 heterocycles. The van der Waals surface area contributed by atoms with Crippen LogP contribution >= 0.6 is 0 Å². The molecule has 100 valence electrons. The third kappa shape index (κ3) is 2.77. The normalized spacial score (nSPS) is 37.9. The summed E-state index contributed by atoms with van der Waals surface area (Å²) >= 11 is 0. The maximum atomic E-state index is 11.3. The van der Waals surface area contributed by atoms with E-state index in [0.717, 1.165) is 0 Å². The highest BCUT2D eigenvalue weighted by atomic mass is 16.5. The topological polar surface area (TPSA) is 90.2 Å². The number of likely N-dealkylation sites (N-methyl/N-ethyl adjacent to an activating group) is 1. The van der Waals surface area contributed by atoms with E-state index < -0.39 is 24.4 Å². The Labute approximate surface area is 101 Å². The zero-order valence-corrected chi connectivity index (χ0v) is 10.4. The fraction of sp³-hybridized carbons (Fsp3) is 0.909. The molecular formula is C11H21NO5. The van der Waals surface area contributed by atoms with Crippen LogP contribution in [0.1, 0.15) is 20.3 Å². The van der Waals surface area contributed by atoms with Crippen LogP contribution in [0.5, 0.6) is 0 Å². The number of carbonyl (C=O) groups is 1. The second-order valence-corrected chi connectivity index (χ2v) is 4.41. The van der Waals surface area contributed by atoms with Crippen molar-refractivity contribution in [1.82, 2.24) is 4.90 Å². The van der Waals surface area contributed by atoms with Crippen molar-refractivity contribution in [1.29, 1.82) is 0 Å². The minimum absolute atomic E-state index is 0.203. The summed E-state index contributed by atoms with van der Waals surface area (Å²) < 4.78 is 5.50. The number of nitrogens with zero attached hydrogens (tertiary/aromatic N) is 1. The van der Waals surface area contributed by atoms with Crippen molar-refractivity contribution in [3.63, 3.8) is 0 Å². The second-order valence-electron chi connectivity index (χ2n) is 4.41. The Hall–Kier alpha value is -0.690. The number of carbonyl (C=O) groups excluding carboxylic acids is 1. The van der Waals surface area contributed by atoms with E-state index in [1.807, 2.05) is 6.92 Å². The molecule has 0 radical (unpaired) electrons. The van der Waals surface area contributed by atoms with Gasteiger partial charge in [0.05, 0.1) is 18.8 Å². The number of amides is 1. The molecule has 0 aromatic carbocycles. The zero-order chi connectivity index (χ0) is 13.2. The third-order valence-corrected chi connectivity index (χ3v) is 3.34. The predicted octanol–water partition coefficient (Wildman–Crippen LogP) is -1.28.